The van der Waals surface area contributed by atoms with Gasteiger partial charge in [-0.2, -0.15) is 0 Å². The first-order chi connectivity index (χ1) is 14.7. The number of esters is 1. The van der Waals surface area contributed by atoms with E-state index in [0.717, 1.165) is 5.56 Å². The normalized spacial score (nSPS) is 21.7. The van der Waals surface area contributed by atoms with Gasteiger partial charge in [0, 0.05) is 23.1 Å². The number of likely N-dealkylation sites (N-methyl/N-ethyl adjacent to an activating group) is 1. The Morgan fingerprint density at radius 1 is 1.29 bits per heavy atom. The molecular formula is C23H23N3O5. The van der Waals surface area contributed by atoms with E-state index in [9.17, 15) is 19.8 Å². The van der Waals surface area contributed by atoms with Gasteiger partial charge in [-0.15, -0.1) is 0 Å². The SMILES string of the molecule is CC[C@@]1(O)C(=O)OC(CN(C)C)c2c1cc1n(c2=O)Cc2cc3c(O)cccc3nc2-1. The van der Waals surface area contributed by atoms with Gasteiger partial charge in [-0.05, 0) is 44.8 Å². The van der Waals surface area contributed by atoms with Crippen molar-refractivity contribution in [2.75, 3.05) is 20.6 Å². The molecule has 2 aromatic heterocycles. The molecule has 1 aromatic carbocycles. The monoisotopic (exact) mass is 421 g/mol. The van der Waals surface area contributed by atoms with Crippen LogP contribution in [-0.2, 0) is 21.7 Å². The minimum Gasteiger partial charge on any atom is -0.507 e. The average molecular weight is 421 g/mol. The van der Waals surface area contributed by atoms with Crippen LogP contribution in [0.3, 0.4) is 0 Å². The number of rotatable bonds is 3. The van der Waals surface area contributed by atoms with Crippen LogP contribution in [0.5, 0.6) is 5.75 Å². The van der Waals surface area contributed by atoms with Crippen LogP contribution in [-0.4, -0.2) is 51.3 Å². The Hall–Kier alpha value is -3.23. The molecule has 0 saturated heterocycles. The van der Waals surface area contributed by atoms with Crippen molar-refractivity contribution in [3.05, 3.63) is 57.4 Å². The lowest BCUT2D eigenvalue weighted by atomic mass is 9.83. The predicted molar refractivity (Wildman–Crippen MR) is 114 cm³/mol. The van der Waals surface area contributed by atoms with Crippen molar-refractivity contribution in [1.82, 2.24) is 14.5 Å². The Balaban J connectivity index is 1.79. The number of nitrogens with zero attached hydrogens (tertiary/aromatic N) is 3. The number of fused-ring (bicyclic) bond motifs is 5. The fourth-order valence-electron chi connectivity index (χ4n) is 4.59. The number of aromatic hydroxyl groups is 1. The largest absolute Gasteiger partial charge is 0.507 e. The van der Waals surface area contributed by atoms with Crippen molar-refractivity contribution in [3.8, 4) is 17.1 Å². The number of benzene rings is 1. The summed E-state index contributed by atoms with van der Waals surface area (Å²) >= 11 is 0. The van der Waals surface area contributed by atoms with Crippen LogP contribution in [0.15, 0.2) is 35.1 Å². The highest BCUT2D eigenvalue weighted by Gasteiger charge is 2.48. The fraction of sp³-hybridized carbons (Fsp3) is 0.348. The number of phenolic OH excluding ortho intramolecular Hbond substituents is 1. The third-order valence-electron chi connectivity index (χ3n) is 6.22. The molecule has 1 unspecified atom stereocenters. The van der Waals surface area contributed by atoms with Crippen molar-refractivity contribution in [2.45, 2.75) is 31.6 Å². The molecule has 5 rings (SSSR count). The maximum Gasteiger partial charge on any atom is 0.343 e. The summed E-state index contributed by atoms with van der Waals surface area (Å²) in [7, 11) is 3.66. The van der Waals surface area contributed by atoms with Gasteiger partial charge < -0.3 is 24.4 Å². The Morgan fingerprint density at radius 2 is 2.06 bits per heavy atom. The average Bonchev–Trinajstić information content (AvgIpc) is 3.08. The highest BCUT2D eigenvalue weighted by molar-refractivity contribution is 5.89. The van der Waals surface area contributed by atoms with Crippen LogP contribution in [0.1, 0.15) is 36.1 Å². The lowest BCUT2D eigenvalue weighted by Gasteiger charge is -2.37. The number of hydrogen-bond acceptors (Lipinski definition) is 7. The number of aromatic nitrogens is 2. The number of hydrogen-bond donors (Lipinski definition) is 2. The molecule has 2 aliphatic rings. The maximum atomic E-state index is 13.6. The topological polar surface area (TPSA) is 105 Å². The Bertz CT molecular complexity index is 1310. The van der Waals surface area contributed by atoms with Crippen LogP contribution in [0.2, 0.25) is 0 Å². The molecule has 2 atom stereocenters. The minimum absolute atomic E-state index is 0.0856. The van der Waals surface area contributed by atoms with Gasteiger partial charge in [-0.25, -0.2) is 9.78 Å². The molecule has 0 amide bonds. The minimum atomic E-state index is -1.88. The quantitative estimate of drug-likeness (QED) is 0.487. The maximum absolute atomic E-state index is 13.6. The standard InChI is InChI=1S/C23H23N3O5/c1-4-23(30)14-9-16-20-12(8-13-15(24-20)6-5-7-17(13)27)10-26(16)21(28)19(14)18(11-25(2)3)31-22(23)29/h5-9,18,27,30H,4,10-11H2,1-3H3/t18?,23-/m0/s1. The van der Waals surface area contributed by atoms with Crippen molar-refractivity contribution in [2.24, 2.45) is 0 Å². The molecule has 3 aromatic rings. The summed E-state index contributed by atoms with van der Waals surface area (Å²) in [5.41, 5.74) is 0.975. The van der Waals surface area contributed by atoms with E-state index in [1.165, 1.54) is 0 Å². The van der Waals surface area contributed by atoms with Gasteiger partial charge in [-0.3, -0.25) is 4.79 Å². The van der Waals surface area contributed by atoms with E-state index in [4.69, 9.17) is 4.74 Å². The second-order valence-electron chi connectivity index (χ2n) is 8.46. The van der Waals surface area contributed by atoms with Crippen LogP contribution in [0, 0.1) is 0 Å². The van der Waals surface area contributed by atoms with Gasteiger partial charge in [0.05, 0.1) is 29.0 Å². The molecule has 160 valence electrons. The molecule has 31 heavy (non-hydrogen) atoms. The zero-order valence-electron chi connectivity index (χ0n) is 17.5. The third kappa shape index (κ3) is 2.72. The molecule has 0 aliphatic carbocycles. The van der Waals surface area contributed by atoms with E-state index >= 15 is 0 Å². The molecule has 0 spiro atoms. The number of carbonyl (C=O) groups excluding carboxylic acids is 1. The van der Waals surface area contributed by atoms with Crippen LogP contribution in [0.25, 0.3) is 22.3 Å². The predicted octanol–water partition coefficient (Wildman–Crippen LogP) is 1.89. The van der Waals surface area contributed by atoms with E-state index in [1.807, 2.05) is 25.1 Å². The van der Waals surface area contributed by atoms with Gasteiger partial charge in [0.1, 0.15) is 11.9 Å². The lowest BCUT2D eigenvalue weighted by Crippen LogP contribution is -2.47. The summed E-state index contributed by atoms with van der Waals surface area (Å²) in [6.07, 6.45) is -0.683. The summed E-state index contributed by atoms with van der Waals surface area (Å²) in [6, 6.07) is 8.64. The van der Waals surface area contributed by atoms with Crippen molar-refractivity contribution in [3.63, 3.8) is 0 Å². The van der Waals surface area contributed by atoms with Gasteiger partial charge >= 0.3 is 5.97 Å². The van der Waals surface area contributed by atoms with Crippen molar-refractivity contribution < 1.29 is 19.7 Å². The fourth-order valence-corrected chi connectivity index (χ4v) is 4.59. The second kappa shape index (κ2) is 6.63. The summed E-state index contributed by atoms with van der Waals surface area (Å²) in [5, 5.41) is 22.0. The summed E-state index contributed by atoms with van der Waals surface area (Å²) in [6.45, 7) is 2.31. The van der Waals surface area contributed by atoms with E-state index in [-0.39, 0.29) is 17.7 Å². The molecule has 8 heteroatoms. The molecule has 0 bridgehead atoms. The second-order valence-corrected chi connectivity index (χ2v) is 8.46. The van der Waals surface area contributed by atoms with Crippen LogP contribution in [0.4, 0.5) is 0 Å². The Morgan fingerprint density at radius 3 is 2.77 bits per heavy atom. The number of carbonyl (C=O) groups is 1. The van der Waals surface area contributed by atoms with Crippen molar-refractivity contribution >= 4 is 16.9 Å². The van der Waals surface area contributed by atoms with Crippen LogP contribution >= 0.6 is 0 Å². The first-order valence-electron chi connectivity index (χ1n) is 10.2. The molecule has 0 fully saturated rings. The number of cyclic esters (lactones) is 1. The highest BCUT2D eigenvalue weighted by atomic mass is 16.6. The summed E-state index contributed by atoms with van der Waals surface area (Å²) in [5.74, 6) is -0.617. The molecular weight excluding hydrogens is 398 g/mol. The third-order valence-corrected chi connectivity index (χ3v) is 6.22. The smallest absolute Gasteiger partial charge is 0.343 e. The lowest BCUT2D eigenvalue weighted by molar-refractivity contribution is -0.178. The highest BCUT2D eigenvalue weighted by Crippen LogP contribution is 2.42. The molecule has 0 radical (unpaired) electrons. The number of phenols is 1. The van der Waals surface area contributed by atoms with Gasteiger partial charge in [0.2, 0.25) is 0 Å². The number of aliphatic hydroxyl groups is 1. The van der Waals surface area contributed by atoms with Gasteiger partial charge in [0.15, 0.2) is 5.60 Å². The number of pyridine rings is 2. The summed E-state index contributed by atoms with van der Waals surface area (Å²) in [4.78, 5) is 32.8. The first-order valence-corrected chi connectivity index (χ1v) is 10.2. The van der Waals surface area contributed by atoms with Gasteiger partial charge in [-0.1, -0.05) is 13.0 Å². The first kappa shape index (κ1) is 19.7. The van der Waals surface area contributed by atoms with E-state index < -0.39 is 17.7 Å². The van der Waals surface area contributed by atoms with Crippen LogP contribution < -0.4 is 5.56 Å². The molecule has 2 aliphatic heterocycles. The Kier molecular flexibility index (Phi) is 4.22. The van der Waals surface area contributed by atoms with E-state index in [1.54, 1.807) is 35.8 Å². The Labute approximate surface area is 178 Å². The molecule has 4 heterocycles. The van der Waals surface area contributed by atoms with E-state index in [2.05, 4.69) is 4.98 Å². The molecule has 8 nitrogen and oxygen atoms in total. The van der Waals surface area contributed by atoms with Gasteiger partial charge in [0.25, 0.3) is 5.56 Å². The zero-order chi connectivity index (χ0) is 22.1. The summed E-state index contributed by atoms with van der Waals surface area (Å²) < 4.78 is 7.14. The number of ether oxygens (including phenoxy) is 1. The van der Waals surface area contributed by atoms with E-state index in [0.29, 0.717) is 46.5 Å². The molecule has 0 saturated carbocycles. The zero-order valence-corrected chi connectivity index (χ0v) is 17.5. The molecule has 2 N–H and O–H groups in total. The van der Waals surface area contributed by atoms with Crippen molar-refractivity contribution in [1.29, 1.82) is 0 Å².